The van der Waals surface area contributed by atoms with Crippen molar-refractivity contribution < 1.29 is 0 Å². The Morgan fingerprint density at radius 1 is 0.667 bits per heavy atom. The predicted molar refractivity (Wildman–Crippen MR) is 96.6 cm³/mol. The van der Waals surface area contributed by atoms with Crippen LogP contribution in [0.4, 0.5) is 0 Å². The van der Waals surface area contributed by atoms with E-state index >= 15 is 0 Å². The van der Waals surface area contributed by atoms with Crippen molar-refractivity contribution in [3.05, 3.63) is 73.2 Å². The zero-order chi connectivity index (χ0) is 15.9. The quantitative estimate of drug-likeness (QED) is 0.493. The monoisotopic (exact) mass is 310 g/mol. The average Bonchev–Trinajstić information content (AvgIpc) is 3.26. The molecule has 4 nitrogen and oxygen atoms in total. The normalized spacial score (nSPS) is 11.3. The first kappa shape index (κ1) is 13.1. The molecule has 0 bridgehead atoms. The number of H-pyrrole nitrogens is 2. The highest BCUT2D eigenvalue weighted by Crippen LogP contribution is 2.30. The summed E-state index contributed by atoms with van der Waals surface area (Å²) in [4.78, 5) is 15.9. The summed E-state index contributed by atoms with van der Waals surface area (Å²) in [5.74, 6) is 0.732. The molecule has 0 saturated carbocycles. The number of hydrogen-bond donors (Lipinski definition) is 2. The number of hydrogen-bond acceptors (Lipinski definition) is 2. The van der Waals surface area contributed by atoms with Gasteiger partial charge in [0.1, 0.15) is 0 Å². The maximum absolute atomic E-state index is 4.81. The van der Waals surface area contributed by atoms with Crippen molar-refractivity contribution in [3.63, 3.8) is 0 Å². The van der Waals surface area contributed by atoms with Crippen molar-refractivity contribution in [1.82, 2.24) is 19.9 Å². The van der Waals surface area contributed by atoms with Gasteiger partial charge in [0.25, 0.3) is 0 Å². The molecule has 0 saturated heterocycles. The van der Waals surface area contributed by atoms with Crippen LogP contribution >= 0.6 is 0 Å². The molecule has 0 spiro atoms. The van der Waals surface area contributed by atoms with Crippen molar-refractivity contribution in [2.45, 2.75) is 0 Å². The fraction of sp³-hybridized carbons (Fsp3) is 0. The van der Waals surface area contributed by atoms with Crippen molar-refractivity contribution in [1.29, 1.82) is 0 Å². The van der Waals surface area contributed by atoms with E-state index in [1.807, 2.05) is 48.9 Å². The van der Waals surface area contributed by atoms with Crippen LogP contribution in [0.3, 0.4) is 0 Å². The molecule has 114 valence electrons. The molecule has 0 atom stereocenters. The first-order chi connectivity index (χ1) is 11.9. The summed E-state index contributed by atoms with van der Waals surface area (Å²) < 4.78 is 0. The molecule has 0 fully saturated rings. The zero-order valence-electron chi connectivity index (χ0n) is 12.8. The largest absolute Gasteiger partial charge is 0.360 e. The minimum absolute atomic E-state index is 0.732. The molecule has 0 aliphatic carbocycles. The summed E-state index contributed by atoms with van der Waals surface area (Å²) >= 11 is 0. The second-order valence-electron chi connectivity index (χ2n) is 5.76. The number of rotatable bonds is 2. The Morgan fingerprint density at radius 2 is 1.29 bits per heavy atom. The van der Waals surface area contributed by atoms with Crippen molar-refractivity contribution in [3.8, 4) is 22.6 Å². The Hall–Kier alpha value is -3.40. The first-order valence-electron chi connectivity index (χ1n) is 7.86. The Balaban J connectivity index is 1.69. The highest BCUT2D eigenvalue weighted by Gasteiger charge is 2.11. The standard InChI is InChI=1S/C20H14N4/c1-3-7-17-13(5-1)15(11-22-17)19-9-10-21-20(24-19)16-12-23-18-8-4-2-6-14(16)18/h1-12,22-23H. The van der Waals surface area contributed by atoms with E-state index in [1.165, 1.54) is 5.39 Å². The van der Waals surface area contributed by atoms with Gasteiger partial charge < -0.3 is 9.97 Å². The summed E-state index contributed by atoms with van der Waals surface area (Å²) in [5, 5.41) is 2.30. The van der Waals surface area contributed by atoms with Crippen LogP contribution in [0.2, 0.25) is 0 Å². The fourth-order valence-electron chi connectivity index (χ4n) is 3.18. The van der Waals surface area contributed by atoms with Gasteiger partial charge in [-0.1, -0.05) is 36.4 Å². The maximum atomic E-state index is 4.81. The Kier molecular flexibility index (Phi) is 2.76. The third kappa shape index (κ3) is 1.93. The second kappa shape index (κ2) is 5.06. The van der Waals surface area contributed by atoms with Crippen molar-refractivity contribution >= 4 is 21.8 Å². The predicted octanol–water partition coefficient (Wildman–Crippen LogP) is 4.77. The first-order valence-corrected chi connectivity index (χ1v) is 7.86. The maximum Gasteiger partial charge on any atom is 0.161 e. The summed E-state index contributed by atoms with van der Waals surface area (Å²) in [6.07, 6.45) is 5.80. The Labute approximate surface area is 138 Å². The highest BCUT2D eigenvalue weighted by molar-refractivity contribution is 5.96. The number of fused-ring (bicyclic) bond motifs is 2. The van der Waals surface area contributed by atoms with Crippen molar-refractivity contribution in [2.75, 3.05) is 0 Å². The van der Waals surface area contributed by atoms with Gasteiger partial charge in [-0.3, -0.25) is 0 Å². The van der Waals surface area contributed by atoms with Gasteiger partial charge in [0.05, 0.1) is 5.69 Å². The van der Waals surface area contributed by atoms with E-state index in [0.717, 1.165) is 39.1 Å². The number of benzene rings is 2. The van der Waals surface area contributed by atoms with Gasteiger partial charge in [-0.25, -0.2) is 9.97 Å². The lowest BCUT2D eigenvalue weighted by Crippen LogP contribution is -1.90. The van der Waals surface area contributed by atoms with E-state index in [0.29, 0.717) is 0 Å². The molecular formula is C20H14N4. The van der Waals surface area contributed by atoms with Gasteiger partial charge in [0.2, 0.25) is 0 Å². The van der Waals surface area contributed by atoms with Crippen LogP contribution in [0.1, 0.15) is 0 Å². The van der Waals surface area contributed by atoms with Crippen LogP contribution < -0.4 is 0 Å². The highest BCUT2D eigenvalue weighted by atomic mass is 14.9. The van der Waals surface area contributed by atoms with Gasteiger partial charge in [-0.2, -0.15) is 0 Å². The number of nitrogens with zero attached hydrogens (tertiary/aromatic N) is 2. The molecule has 4 heteroatoms. The molecule has 0 radical (unpaired) electrons. The van der Waals surface area contributed by atoms with E-state index < -0.39 is 0 Å². The van der Waals surface area contributed by atoms with E-state index in [4.69, 9.17) is 4.98 Å². The molecule has 0 aliphatic heterocycles. The van der Waals surface area contributed by atoms with Gasteiger partial charge >= 0.3 is 0 Å². The van der Waals surface area contributed by atoms with Gasteiger partial charge in [0.15, 0.2) is 5.82 Å². The zero-order valence-corrected chi connectivity index (χ0v) is 12.8. The number of para-hydroxylation sites is 2. The molecule has 0 unspecified atom stereocenters. The van der Waals surface area contributed by atoms with Crippen molar-refractivity contribution in [2.24, 2.45) is 0 Å². The number of aromatic nitrogens is 4. The lowest BCUT2D eigenvalue weighted by atomic mass is 10.1. The van der Waals surface area contributed by atoms with E-state index in [-0.39, 0.29) is 0 Å². The van der Waals surface area contributed by atoms with Crippen LogP contribution in [0.5, 0.6) is 0 Å². The molecule has 5 aromatic rings. The summed E-state index contributed by atoms with van der Waals surface area (Å²) in [6.45, 7) is 0. The second-order valence-corrected chi connectivity index (χ2v) is 5.76. The van der Waals surface area contributed by atoms with Crippen LogP contribution in [0.15, 0.2) is 73.2 Å². The van der Waals surface area contributed by atoms with Crippen LogP contribution in [0, 0.1) is 0 Å². The number of aromatic amines is 2. The van der Waals surface area contributed by atoms with Gasteiger partial charge in [0, 0.05) is 51.5 Å². The molecule has 2 aromatic carbocycles. The fourth-order valence-corrected chi connectivity index (χ4v) is 3.18. The van der Waals surface area contributed by atoms with Gasteiger partial charge in [-0.05, 0) is 18.2 Å². The Morgan fingerprint density at radius 3 is 2.04 bits per heavy atom. The van der Waals surface area contributed by atoms with Gasteiger partial charge in [-0.15, -0.1) is 0 Å². The minimum Gasteiger partial charge on any atom is -0.360 e. The molecule has 24 heavy (non-hydrogen) atoms. The summed E-state index contributed by atoms with van der Waals surface area (Å²) in [6, 6.07) is 18.4. The Bertz CT molecular complexity index is 1080. The third-order valence-electron chi connectivity index (χ3n) is 4.35. The lowest BCUT2D eigenvalue weighted by molar-refractivity contribution is 1.18. The lowest BCUT2D eigenvalue weighted by Gasteiger charge is -2.02. The summed E-state index contributed by atoms with van der Waals surface area (Å²) in [7, 11) is 0. The molecule has 3 aromatic heterocycles. The average molecular weight is 310 g/mol. The molecule has 3 heterocycles. The summed E-state index contributed by atoms with van der Waals surface area (Å²) in [5.41, 5.74) is 5.23. The minimum atomic E-state index is 0.732. The van der Waals surface area contributed by atoms with Crippen LogP contribution in [0.25, 0.3) is 44.5 Å². The molecule has 0 aliphatic rings. The topological polar surface area (TPSA) is 57.4 Å². The van der Waals surface area contributed by atoms with E-state index in [2.05, 4.69) is 39.2 Å². The third-order valence-corrected chi connectivity index (χ3v) is 4.35. The van der Waals surface area contributed by atoms with E-state index in [9.17, 15) is 0 Å². The SMILES string of the molecule is c1ccc2c(-c3ccnc(-c4c[nH]c5ccccc45)n3)c[nH]c2c1. The molecule has 0 amide bonds. The molecule has 2 N–H and O–H groups in total. The molecular weight excluding hydrogens is 296 g/mol. The van der Waals surface area contributed by atoms with Crippen LogP contribution in [-0.2, 0) is 0 Å². The molecule has 5 rings (SSSR count). The smallest absolute Gasteiger partial charge is 0.161 e. The van der Waals surface area contributed by atoms with Crippen LogP contribution in [-0.4, -0.2) is 19.9 Å². The van der Waals surface area contributed by atoms with E-state index in [1.54, 1.807) is 0 Å². The number of nitrogens with one attached hydrogen (secondary N) is 2.